The van der Waals surface area contributed by atoms with E-state index in [1.807, 2.05) is 38.1 Å². The fourth-order valence-corrected chi connectivity index (χ4v) is 5.14. The number of aromatic nitrogens is 1. The van der Waals surface area contributed by atoms with Crippen LogP contribution in [0.25, 0.3) is 22.6 Å². The molecule has 1 aliphatic heterocycles. The van der Waals surface area contributed by atoms with Crippen molar-refractivity contribution in [2.45, 2.75) is 26.1 Å². The number of para-hydroxylation sites is 2. The summed E-state index contributed by atoms with van der Waals surface area (Å²) in [4.78, 5) is 16.6. The third-order valence-electron chi connectivity index (χ3n) is 5.11. The number of urea groups is 1. The van der Waals surface area contributed by atoms with Gasteiger partial charge in [-0.3, -0.25) is 0 Å². The number of nitrogens with one attached hydrogen (secondary N) is 2. The standard InChI is InChI=1S/C22H26N4O5S/c1-15-13-26(14-16(2)30-15)32(28,29)12-11-23-22(27)24-18-9-7-17(8-10-18)21-25-19-5-3-4-6-20(19)31-21/h3-10,15-16H,11-14H2,1-2H3,(H2,23,24,27). The molecular weight excluding hydrogens is 432 g/mol. The molecule has 2 unspecified atom stereocenters. The van der Waals surface area contributed by atoms with E-state index in [1.54, 1.807) is 24.3 Å². The molecular formula is C22H26N4O5S. The van der Waals surface area contributed by atoms with E-state index in [0.717, 1.165) is 11.1 Å². The maximum atomic E-state index is 12.5. The Hall–Kier alpha value is -2.95. The highest BCUT2D eigenvalue weighted by molar-refractivity contribution is 7.89. The summed E-state index contributed by atoms with van der Waals surface area (Å²) in [7, 11) is -3.47. The highest BCUT2D eigenvalue weighted by Crippen LogP contribution is 2.25. The zero-order valence-electron chi connectivity index (χ0n) is 17.9. The first kappa shape index (κ1) is 22.3. The van der Waals surface area contributed by atoms with Crippen molar-refractivity contribution in [1.29, 1.82) is 0 Å². The van der Waals surface area contributed by atoms with E-state index < -0.39 is 16.1 Å². The van der Waals surface area contributed by atoms with Gasteiger partial charge >= 0.3 is 6.03 Å². The highest BCUT2D eigenvalue weighted by atomic mass is 32.2. The minimum atomic E-state index is -3.47. The molecule has 0 saturated carbocycles. The maximum absolute atomic E-state index is 12.5. The number of carbonyl (C=O) groups excluding carboxylic acids is 1. The third-order valence-corrected chi connectivity index (χ3v) is 6.91. The monoisotopic (exact) mass is 458 g/mol. The van der Waals surface area contributed by atoms with Crippen molar-refractivity contribution in [3.63, 3.8) is 0 Å². The summed E-state index contributed by atoms with van der Waals surface area (Å²) in [6, 6.07) is 14.1. The number of fused-ring (bicyclic) bond motifs is 1. The van der Waals surface area contributed by atoms with E-state index >= 15 is 0 Å². The number of carbonyl (C=O) groups is 1. The number of anilines is 1. The van der Waals surface area contributed by atoms with Gasteiger partial charge in [0.15, 0.2) is 5.58 Å². The summed E-state index contributed by atoms with van der Waals surface area (Å²) in [5, 5.41) is 5.29. The SMILES string of the molecule is CC1CN(S(=O)(=O)CCNC(=O)Nc2ccc(-c3nc4ccccc4o3)cc2)CC(C)O1. The number of nitrogens with zero attached hydrogens (tertiary/aromatic N) is 2. The lowest BCUT2D eigenvalue weighted by atomic mass is 10.2. The van der Waals surface area contributed by atoms with Crippen LogP contribution in [0.5, 0.6) is 0 Å². The van der Waals surface area contributed by atoms with Gasteiger partial charge in [-0.25, -0.2) is 18.2 Å². The molecule has 1 aromatic heterocycles. The summed E-state index contributed by atoms with van der Waals surface area (Å²) in [6.07, 6.45) is -0.301. The lowest BCUT2D eigenvalue weighted by Crippen LogP contribution is -2.49. The molecule has 1 fully saturated rings. The lowest BCUT2D eigenvalue weighted by molar-refractivity contribution is -0.0440. The predicted octanol–water partition coefficient (Wildman–Crippen LogP) is 3.06. The van der Waals surface area contributed by atoms with Gasteiger partial charge in [-0.05, 0) is 50.2 Å². The van der Waals surface area contributed by atoms with Crippen molar-refractivity contribution >= 4 is 32.8 Å². The predicted molar refractivity (Wildman–Crippen MR) is 122 cm³/mol. The van der Waals surface area contributed by atoms with Gasteiger partial charge in [-0.1, -0.05) is 12.1 Å². The number of hydrogen-bond donors (Lipinski definition) is 2. The fraction of sp³-hybridized carbons (Fsp3) is 0.364. The van der Waals surface area contributed by atoms with Gasteiger partial charge < -0.3 is 19.8 Å². The van der Waals surface area contributed by atoms with Crippen LogP contribution in [0.1, 0.15) is 13.8 Å². The van der Waals surface area contributed by atoms with Gasteiger partial charge in [0.05, 0.1) is 18.0 Å². The molecule has 2 amide bonds. The molecule has 2 N–H and O–H groups in total. The molecule has 0 radical (unpaired) electrons. The zero-order valence-corrected chi connectivity index (χ0v) is 18.8. The number of benzene rings is 2. The quantitative estimate of drug-likeness (QED) is 0.587. The summed E-state index contributed by atoms with van der Waals surface area (Å²) in [6.45, 7) is 4.35. The van der Waals surface area contributed by atoms with Crippen molar-refractivity contribution in [3.8, 4) is 11.5 Å². The Bertz CT molecular complexity index is 1150. The van der Waals surface area contributed by atoms with E-state index in [9.17, 15) is 13.2 Å². The van der Waals surface area contributed by atoms with Gasteiger partial charge in [-0.15, -0.1) is 0 Å². The Balaban J connectivity index is 1.28. The normalized spacial score (nSPS) is 19.7. The molecule has 2 heterocycles. The van der Waals surface area contributed by atoms with Crippen LogP contribution >= 0.6 is 0 Å². The number of amides is 2. The summed E-state index contributed by atoms with van der Waals surface area (Å²) < 4.78 is 37.8. The molecule has 32 heavy (non-hydrogen) atoms. The average Bonchev–Trinajstić information content (AvgIpc) is 3.18. The van der Waals surface area contributed by atoms with Gasteiger partial charge in [0.2, 0.25) is 15.9 Å². The number of ether oxygens (including phenoxy) is 1. The number of rotatable bonds is 6. The Kier molecular flexibility index (Phi) is 6.45. The first-order valence-electron chi connectivity index (χ1n) is 10.4. The molecule has 2 atom stereocenters. The molecule has 0 spiro atoms. The smallest absolute Gasteiger partial charge is 0.319 e. The number of oxazole rings is 1. The molecule has 4 rings (SSSR count). The molecule has 2 aromatic carbocycles. The third kappa shape index (κ3) is 5.26. The molecule has 1 aliphatic rings. The second-order valence-electron chi connectivity index (χ2n) is 7.84. The minimum absolute atomic E-state index is 0.00920. The first-order chi connectivity index (χ1) is 15.3. The first-order valence-corrected chi connectivity index (χ1v) is 12.1. The van der Waals surface area contributed by atoms with Gasteiger partial charge in [0, 0.05) is 30.9 Å². The number of morpholine rings is 1. The van der Waals surface area contributed by atoms with E-state index in [2.05, 4.69) is 15.6 Å². The van der Waals surface area contributed by atoms with E-state index in [4.69, 9.17) is 9.15 Å². The largest absolute Gasteiger partial charge is 0.436 e. The zero-order chi connectivity index (χ0) is 22.7. The van der Waals surface area contributed by atoms with Crippen LogP contribution in [-0.4, -0.2) is 61.3 Å². The molecule has 0 aliphatic carbocycles. The molecule has 170 valence electrons. The van der Waals surface area contributed by atoms with Crippen LogP contribution in [-0.2, 0) is 14.8 Å². The van der Waals surface area contributed by atoms with Gasteiger partial charge in [-0.2, -0.15) is 4.31 Å². The van der Waals surface area contributed by atoms with Crippen LogP contribution in [0.2, 0.25) is 0 Å². The van der Waals surface area contributed by atoms with Crippen LogP contribution in [0.4, 0.5) is 10.5 Å². The summed E-state index contributed by atoms with van der Waals surface area (Å²) in [5.41, 5.74) is 2.84. The summed E-state index contributed by atoms with van der Waals surface area (Å²) in [5.74, 6) is 0.329. The number of hydrogen-bond acceptors (Lipinski definition) is 6. The van der Waals surface area contributed by atoms with Crippen molar-refractivity contribution < 1.29 is 22.4 Å². The second-order valence-corrected chi connectivity index (χ2v) is 9.92. The number of sulfonamides is 1. The van der Waals surface area contributed by atoms with Crippen LogP contribution in [0, 0.1) is 0 Å². The minimum Gasteiger partial charge on any atom is -0.436 e. The molecule has 0 bridgehead atoms. The molecule has 9 nitrogen and oxygen atoms in total. The topological polar surface area (TPSA) is 114 Å². The average molecular weight is 459 g/mol. The van der Waals surface area contributed by atoms with Crippen molar-refractivity contribution in [2.24, 2.45) is 0 Å². The van der Waals surface area contributed by atoms with Crippen LogP contribution < -0.4 is 10.6 Å². The Labute approximate surface area is 186 Å². The van der Waals surface area contributed by atoms with Gasteiger partial charge in [0.1, 0.15) is 5.52 Å². The second kappa shape index (κ2) is 9.27. The lowest BCUT2D eigenvalue weighted by Gasteiger charge is -2.34. The van der Waals surface area contributed by atoms with Crippen molar-refractivity contribution in [3.05, 3.63) is 48.5 Å². The Morgan fingerprint density at radius 3 is 2.47 bits per heavy atom. The van der Waals surface area contributed by atoms with Crippen molar-refractivity contribution in [2.75, 3.05) is 30.7 Å². The van der Waals surface area contributed by atoms with Crippen LogP contribution in [0.15, 0.2) is 52.9 Å². The highest BCUT2D eigenvalue weighted by Gasteiger charge is 2.30. The van der Waals surface area contributed by atoms with E-state index in [0.29, 0.717) is 30.3 Å². The summed E-state index contributed by atoms with van der Waals surface area (Å²) >= 11 is 0. The molecule has 3 aromatic rings. The fourth-order valence-electron chi connectivity index (χ4n) is 3.65. The molecule has 10 heteroatoms. The van der Waals surface area contributed by atoms with Gasteiger partial charge in [0.25, 0.3) is 0 Å². The van der Waals surface area contributed by atoms with E-state index in [1.165, 1.54) is 4.31 Å². The molecule has 1 saturated heterocycles. The van der Waals surface area contributed by atoms with E-state index in [-0.39, 0.29) is 24.5 Å². The Morgan fingerprint density at radius 1 is 1.09 bits per heavy atom. The Morgan fingerprint density at radius 2 is 1.78 bits per heavy atom. The van der Waals surface area contributed by atoms with Crippen LogP contribution in [0.3, 0.4) is 0 Å². The maximum Gasteiger partial charge on any atom is 0.319 e. The van der Waals surface area contributed by atoms with Crippen molar-refractivity contribution in [1.82, 2.24) is 14.6 Å².